The number of nitrogens with zero attached hydrogens (tertiary/aromatic N) is 1. The number of hydrogen-bond donors (Lipinski definition) is 5. The third kappa shape index (κ3) is 1.64. The van der Waals surface area contributed by atoms with Crippen LogP contribution >= 0.6 is 0 Å². The number of aromatic nitrogens is 3. The van der Waals surface area contributed by atoms with Gasteiger partial charge in [-0.1, -0.05) is 0 Å². The predicted molar refractivity (Wildman–Crippen MR) is 62.9 cm³/mol. The fraction of sp³-hybridized carbons (Fsp3) is 0.455. The molecule has 0 unspecified atom stereocenters. The lowest BCUT2D eigenvalue weighted by atomic mass is 10.1. The zero-order valence-corrected chi connectivity index (χ0v) is 9.63. The molecule has 1 aliphatic heterocycles. The van der Waals surface area contributed by atoms with Crippen LogP contribution in [0.25, 0.3) is 11.0 Å². The average Bonchev–Trinajstić information content (AvgIpc) is 2.93. The van der Waals surface area contributed by atoms with Gasteiger partial charge in [-0.15, -0.1) is 0 Å². The monoisotopic (exact) mass is 251 g/mol. The maximum Gasteiger partial charge on any atom is 0.275 e. The van der Waals surface area contributed by atoms with Crippen molar-refractivity contribution in [3.8, 4) is 0 Å². The molecular weight excluding hydrogens is 236 g/mol. The van der Waals surface area contributed by atoms with Crippen molar-refractivity contribution in [2.75, 3.05) is 6.61 Å². The van der Waals surface area contributed by atoms with E-state index in [1.807, 2.05) is 5.32 Å². The molecule has 0 bridgehead atoms. The molecule has 0 saturated carbocycles. The quantitative estimate of drug-likeness (QED) is 0.423. The molecule has 7 nitrogen and oxygen atoms in total. The summed E-state index contributed by atoms with van der Waals surface area (Å²) in [6.07, 6.45) is 3.14. The molecule has 0 aromatic carbocycles. The second kappa shape index (κ2) is 4.20. The largest absolute Gasteiger partial charge is 0.390 e. The van der Waals surface area contributed by atoms with Gasteiger partial charge >= 0.3 is 0 Å². The van der Waals surface area contributed by atoms with Crippen molar-refractivity contribution < 1.29 is 15.5 Å². The SMILES string of the molecule is O=c1[nH]cnc2c([C@H]3C[C@H](O)[C@@H](CO)[NH2+]3)c[nH]c12. The Bertz CT molecular complexity index is 620. The molecule has 0 aliphatic carbocycles. The van der Waals surface area contributed by atoms with Gasteiger partial charge in [0.1, 0.15) is 29.2 Å². The van der Waals surface area contributed by atoms with Gasteiger partial charge in [-0.25, -0.2) is 4.98 Å². The molecule has 0 spiro atoms. The van der Waals surface area contributed by atoms with Gasteiger partial charge in [0, 0.05) is 12.6 Å². The molecule has 96 valence electrons. The summed E-state index contributed by atoms with van der Waals surface area (Å²) in [6, 6.07) is -0.192. The Morgan fingerprint density at radius 3 is 3.06 bits per heavy atom. The molecule has 0 radical (unpaired) electrons. The van der Waals surface area contributed by atoms with Crippen molar-refractivity contribution >= 4 is 11.0 Å². The number of aliphatic hydroxyl groups is 2. The fourth-order valence-corrected chi connectivity index (χ4v) is 2.61. The number of H-pyrrole nitrogens is 2. The van der Waals surface area contributed by atoms with Crippen molar-refractivity contribution in [2.45, 2.75) is 24.6 Å². The molecule has 7 heteroatoms. The lowest BCUT2D eigenvalue weighted by molar-refractivity contribution is -0.711. The van der Waals surface area contributed by atoms with Gasteiger partial charge in [-0.05, 0) is 0 Å². The van der Waals surface area contributed by atoms with Crippen LogP contribution in [-0.4, -0.2) is 43.9 Å². The third-order valence-corrected chi connectivity index (χ3v) is 3.58. The standard InChI is InChI=1S/C11H14N4O3/c16-3-7-8(17)1-6(15-7)5-2-12-10-9(5)13-4-14-11(10)18/h2,4,6-8,12,15-17H,1,3H2,(H,13,14,18)/p+1/t6-,7-,8+/m1/s1. The van der Waals surface area contributed by atoms with E-state index in [4.69, 9.17) is 5.11 Å². The molecule has 0 amide bonds. The first-order valence-corrected chi connectivity index (χ1v) is 5.89. The van der Waals surface area contributed by atoms with Crippen molar-refractivity contribution in [2.24, 2.45) is 0 Å². The minimum atomic E-state index is -0.535. The maximum absolute atomic E-state index is 11.6. The number of aliphatic hydroxyl groups excluding tert-OH is 2. The summed E-state index contributed by atoms with van der Waals surface area (Å²) in [7, 11) is 0. The van der Waals surface area contributed by atoms with Gasteiger partial charge in [-0.3, -0.25) is 4.79 Å². The second-order valence-corrected chi connectivity index (χ2v) is 4.65. The van der Waals surface area contributed by atoms with Crippen LogP contribution in [0.1, 0.15) is 18.0 Å². The average molecular weight is 251 g/mol. The van der Waals surface area contributed by atoms with Gasteiger partial charge in [0.2, 0.25) is 0 Å². The Kier molecular flexibility index (Phi) is 2.66. The minimum Gasteiger partial charge on any atom is -0.390 e. The first-order chi connectivity index (χ1) is 8.70. The summed E-state index contributed by atoms with van der Waals surface area (Å²) in [5, 5.41) is 20.9. The highest BCUT2D eigenvalue weighted by Crippen LogP contribution is 2.24. The molecular formula is C11H15N4O3+. The van der Waals surface area contributed by atoms with Crippen LogP contribution in [0.5, 0.6) is 0 Å². The van der Waals surface area contributed by atoms with Gasteiger partial charge in [0.25, 0.3) is 5.56 Å². The molecule has 1 saturated heterocycles. The first-order valence-electron chi connectivity index (χ1n) is 5.89. The summed E-state index contributed by atoms with van der Waals surface area (Å²) in [4.78, 5) is 21.2. The van der Waals surface area contributed by atoms with Crippen LogP contribution in [0.2, 0.25) is 0 Å². The molecule has 2 aromatic rings. The number of hydrogen-bond acceptors (Lipinski definition) is 4. The van der Waals surface area contributed by atoms with E-state index in [0.717, 1.165) is 5.56 Å². The number of nitrogens with one attached hydrogen (secondary N) is 2. The van der Waals surface area contributed by atoms with Crippen molar-refractivity contribution in [3.05, 3.63) is 28.4 Å². The molecule has 1 fully saturated rings. The molecule has 18 heavy (non-hydrogen) atoms. The van der Waals surface area contributed by atoms with E-state index in [0.29, 0.717) is 17.5 Å². The van der Waals surface area contributed by atoms with E-state index in [9.17, 15) is 9.90 Å². The highest BCUT2D eigenvalue weighted by Gasteiger charge is 2.38. The van der Waals surface area contributed by atoms with Crippen LogP contribution < -0.4 is 10.9 Å². The number of fused-ring (bicyclic) bond motifs is 1. The van der Waals surface area contributed by atoms with Crippen LogP contribution in [0.15, 0.2) is 17.3 Å². The normalized spacial score (nSPS) is 28.0. The molecule has 3 rings (SSSR count). The van der Waals surface area contributed by atoms with Crippen molar-refractivity contribution in [1.29, 1.82) is 0 Å². The third-order valence-electron chi connectivity index (χ3n) is 3.58. The zero-order valence-electron chi connectivity index (χ0n) is 9.63. The van der Waals surface area contributed by atoms with Crippen LogP contribution in [-0.2, 0) is 0 Å². The Morgan fingerprint density at radius 1 is 1.50 bits per heavy atom. The number of rotatable bonds is 2. The lowest BCUT2D eigenvalue weighted by Crippen LogP contribution is -2.89. The van der Waals surface area contributed by atoms with Gasteiger partial charge < -0.3 is 25.5 Å². The maximum atomic E-state index is 11.6. The van der Waals surface area contributed by atoms with Crippen LogP contribution in [0.3, 0.4) is 0 Å². The van der Waals surface area contributed by atoms with E-state index < -0.39 is 6.10 Å². The van der Waals surface area contributed by atoms with E-state index in [1.165, 1.54) is 6.33 Å². The molecule has 3 atom stereocenters. The van der Waals surface area contributed by atoms with E-state index in [1.54, 1.807) is 6.20 Å². The summed E-state index contributed by atoms with van der Waals surface area (Å²) in [6.45, 7) is -0.0615. The summed E-state index contributed by atoms with van der Waals surface area (Å²) in [5.74, 6) is 0. The van der Waals surface area contributed by atoms with E-state index >= 15 is 0 Å². The topological polar surface area (TPSA) is 119 Å². The van der Waals surface area contributed by atoms with Gasteiger partial charge in [-0.2, -0.15) is 0 Å². The van der Waals surface area contributed by atoms with Gasteiger partial charge in [0.15, 0.2) is 0 Å². The fourth-order valence-electron chi connectivity index (χ4n) is 2.61. The highest BCUT2D eigenvalue weighted by atomic mass is 16.3. The Balaban J connectivity index is 2.01. The Hall–Kier alpha value is -1.70. The van der Waals surface area contributed by atoms with Gasteiger partial charge in [0.05, 0.1) is 18.5 Å². The predicted octanol–water partition coefficient (Wildman–Crippen LogP) is -2.02. The molecule has 1 aliphatic rings. The van der Waals surface area contributed by atoms with E-state index in [-0.39, 0.29) is 24.2 Å². The smallest absolute Gasteiger partial charge is 0.275 e. The number of quaternary nitrogens is 1. The number of aromatic amines is 2. The van der Waals surface area contributed by atoms with Crippen molar-refractivity contribution in [3.63, 3.8) is 0 Å². The Labute approximate surface area is 102 Å². The molecule has 2 aromatic heterocycles. The van der Waals surface area contributed by atoms with Crippen LogP contribution in [0.4, 0.5) is 0 Å². The van der Waals surface area contributed by atoms with Crippen molar-refractivity contribution in [1.82, 2.24) is 15.0 Å². The highest BCUT2D eigenvalue weighted by molar-refractivity contribution is 5.77. The second-order valence-electron chi connectivity index (χ2n) is 4.65. The minimum absolute atomic E-state index is 0.0141. The summed E-state index contributed by atoms with van der Waals surface area (Å²) < 4.78 is 0. The van der Waals surface area contributed by atoms with E-state index in [2.05, 4.69) is 15.0 Å². The summed E-state index contributed by atoms with van der Waals surface area (Å²) in [5.41, 5.74) is 1.77. The lowest BCUT2D eigenvalue weighted by Gasteiger charge is -2.08. The zero-order chi connectivity index (χ0) is 12.7. The Morgan fingerprint density at radius 2 is 2.33 bits per heavy atom. The number of nitrogens with two attached hydrogens (primary N) is 1. The van der Waals surface area contributed by atoms with Crippen LogP contribution in [0, 0.1) is 0 Å². The summed E-state index contributed by atoms with van der Waals surface area (Å²) >= 11 is 0. The first kappa shape index (κ1) is 11.4. The molecule has 3 heterocycles. The molecule has 6 N–H and O–H groups in total.